The summed E-state index contributed by atoms with van der Waals surface area (Å²) in [6.07, 6.45) is -0.665. The van der Waals surface area contributed by atoms with E-state index in [9.17, 15) is 5.11 Å². The standard InChI is InChI=1S/C17H14N2O/c18-11-13(20)10-15-14-8-4-5-9-16(14)19-17(15)12-6-2-1-3-7-12/h1-9,13,19-20H,10H2. The maximum atomic E-state index is 9.69. The zero-order chi connectivity index (χ0) is 13.9. The highest BCUT2D eigenvalue weighted by Crippen LogP contribution is 2.31. The average molecular weight is 262 g/mol. The highest BCUT2D eigenvalue weighted by molar-refractivity contribution is 5.90. The van der Waals surface area contributed by atoms with Crippen molar-refractivity contribution in [2.75, 3.05) is 0 Å². The normalized spacial score (nSPS) is 12.2. The largest absolute Gasteiger partial charge is 0.378 e. The van der Waals surface area contributed by atoms with Crippen LogP contribution in [0.25, 0.3) is 22.2 Å². The van der Waals surface area contributed by atoms with Gasteiger partial charge in [0, 0.05) is 23.0 Å². The van der Waals surface area contributed by atoms with E-state index in [1.54, 1.807) is 0 Å². The minimum Gasteiger partial charge on any atom is -0.378 e. The number of hydrogen-bond donors (Lipinski definition) is 2. The molecule has 0 saturated carbocycles. The number of nitrogens with zero attached hydrogens (tertiary/aromatic N) is 1. The molecule has 3 aromatic rings. The first-order chi connectivity index (χ1) is 9.79. The van der Waals surface area contributed by atoms with Gasteiger partial charge < -0.3 is 10.1 Å². The smallest absolute Gasteiger partial charge is 0.144 e. The van der Waals surface area contributed by atoms with Gasteiger partial charge in [0.2, 0.25) is 0 Å². The number of rotatable bonds is 3. The predicted octanol–water partition coefficient (Wildman–Crippen LogP) is 3.26. The summed E-state index contributed by atoms with van der Waals surface area (Å²) in [4.78, 5) is 3.39. The number of fused-ring (bicyclic) bond motifs is 1. The van der Waals surface area contributed by atoms with Crippen LogP contribution in [0.4, 0.5) is 0 Å². The molecular formula is C17H14N2O. The van der Waals surface area contributed by atoms with Gasteiger partial charge in [-0.2, -0.15) is 5.26 Å². The van der Waals surface area contributed by atoms with Crippen molar-refractivity contribution in [1.29, 1.82) is 5.26 Å². The van der Waals surface area contributed by atoms with E-state index in [0.717, 1.165) is 27.7 Å². The molecule has 0 amide bonds. The van der Waals surface area contributed by atoms with Gasteiger partial charge in [0.25, 0.3) is 0 Å². The van der Waals surface area contributed by atoms with Crippen LogP contribution in [-0.2, 0) is 6.42 Å². The maximum absolute atomic E-state index is 9.69. The number of nitrogens with one attached hydrogen (secondary N) is 1. The van der Waals surface area contributed by atoms with Crippen LogP contribution in [0.5, 0.6) is 0 Å². The molecular weight excluding hydrogens is 248 g/mol. The molecule has 1 unspecified atom stereocenters. The molecule has 0 spiro atoms. The van der Waals surface area contributed by atoms with Gasteiger partial charge in [-0.25, -0.2) is 0 Å². The zero-order valence-electron chi connectivity index (χ0n) is 10.9. The third-order valence-electron chi connectivity index (χ3n) is 3.42. The van der Waals surface area contributed by atoms with E-state index in [-0.39, 0.29) is 0 Å². The minimum absolute atomic E-state index is 0.324. The Balaban J connectivity index is 2.20. The lowest BCUT2D eigenvalue weighted by Crippen LogP contribution is -2.07. The van der Waals surface area contributed by atoms with E-state index < -0.39 is 6.10 Å². The van der Waals surface area contributed by atoms with Gasteiger partial charge in [0.1, 0.15) is 6.10 Å². The molecule has 0 saturated heterocycles. The molecule has 0 aliphatic rings. The topological polar surface area (TPSA) is 59.8 Å². The van der Waals surface area contributed by atoms with Crippen molar-refractivity contribution in [1.82, 2.24) is 4.98 Å². The predicted molar refractivity (Wildman–Crippen MR) is 79.1 cm³/mol. The van der Waals surface area contributed by atoms with Gasteiger partial charge in [-0.15, -0.1) is 0 Å². The second kappa shape index (κ2) is 5.20. The molecule has 2 N–H and O–H groups in total. The number of aromatic nitrogens is 1. The Hall–Kier alpha value is -2.57. The Kier molecular flexibility index (Phi) is 3.24. The number of H-pyrrole nitrogens is 1. The van der Waals surface area contributed by atoms with E-state index in [1.165, 1.54) is 0 Å². The summed E-state index contributed by atoms with van der Waals surface area (Å²) in [6, 6.07) is 19.8. The van der Waals surface area contributed by atoms with Crippen LogP contribution in [0.2, 0.25) is 0 Å². The fraction of sp³-hybridized carbons (Fsp3) is 0.118. The summed E-state index contributed by atoms with van der Waals surface area (Å²) in [5.41, 5.74) is 4.04. The van der Waals surface area contributed by atoms with Crippen LogP contribution in [-0.4, -0.2) is 16.2 Å². The molecule has 2 aromatic carbocycles. The molecule has 3 nitrogen and oxygen atoms in total. The van der Waals surface area contributed by atoms with Crippen molar-refractivity contribution < 1.29 is 5.11 Å². The number of aliphatic hydroxyl groups is 1. The molecule has 0 aliphatic carbocycles. The third-order valence-corrected chi connectivity index (χ3v) is 3.42. The summed E-state index contributed by atoms with van der Waals surface area (Å²) < 4.78 is 0. The molecule has 1 atom stereocenters. The summed E-state index contributed by atoms with van der Waals surface area (Å²) in [5, 5.41) is 19.6. The van der Waals surface area contributed by atoms with E-state index in [0.29, 0.717) is 6.42 Å². The first-order valence-corrected chi connectivity index (χ1v) is 6.52. The minimum atomic E-state index is -0.989. The SMILES string of the molecule is N#CC(O)Cc1c(-c2ccccc2)[nH]c2ccccc12. The molecule has 0 bridgehead atoms. The lowest BCUT2D eigenvalue weighted by Gasteiger charge is -2.06. The van der Waals surface area contributed by atoms with Crippen molar-refractivity contribution in [3.63, 3.8) is 0 Å². The summed E-state index contributed by atoms with van der Waals surface area (Å²) >= 11 is 0. The summed E-state index contributed by atoms with van der Waals surface area (Å²) in [7, 11) is 0. The van der Waals surface area contributed by atoms with Gasteiger partial charge >= 0.3 is 0 Å². The molecule has 1 aromatic heterocycles. The number of aromatic amines is 1. The van der Waals surface area contributed by atoms with Gasteiger partial charge in [0.15, 0.2) is 0 Å². The Labute approximate surface area is 117 Å². The molecule has 20 heavy (non-hydrogen) atoms. The number of hydrogen-bond acceptors (Lipinski definition) is 2. The second-order valence-electron chi connectivity index (χ2n) is 4.74. The highest BCUT2D eigenvalue weighted by atomic mass is 16.3. The second-order valence-corrected chi connectivity index (χ2v) is 4.74. The molecule has 0 fully saturated rings. The van der Waals surface area contributed by atoms with Crippen molar-refractivity contribution in [3.8, 4) is 17.3 Å². The molecule has 0 radical (unpaired) electrons. The molecule has 0 aliphatic heterocycles. The molecule has 1 heterocycles. The van der Waals surface area contributed by atoms with E-state index in [4.69, 9.17) is 5.26 Å². The van der Waals surface area contributed by atoms with E-state index in [2.05, 4.69) is 4.98 Å². The van der Waals surface area contributed by atoms with Gasteiger partial charge in [-0.1, -0.05) is 48.5 Å². The van der Waals surface area contributed by atoms with Crippen LogP contribution >= 0.6 is 0 Å². The fourth-order valence-electron chi connectivity index (χ4n) is 2.50. The molecule has 98 valence electrons. The van der Waals surface area contributed by atoms with E-state index in [1.807, 2.05) is 60.7 Å². The Morgan fingerprint density at radius 1 is 1.05 bits per heavy atom. The summed E-state index contributed by atoms with van der Waals surface area (Å²) in [5.74, 6) is 0. The van der Waals surface area contributed by atoms with Crippen LogP contribution in [0.15, 0.2) is 54.6 Å². The Bertz CT molecular complexity index is 769. The number of benzene rings is 2. The highest BCUT2D eigenvalue weighted by Gasteiger charge is 2.15. The maximum Gasteiger partial charge on any atom is 0.144 e. The number of para-hydroxylation sites is 1. The monoisotopic (exact) mass is 262 g/mol. The fourth-order valence-corrected chi connectivity index (χ4v) is 2.50. The van der Waals surface area contributed by atoms with Crippen LogP contribution in [0, 0.1) is 11.3 Å². The van der Waals surface area contributed by atoms with Crippen LogP contribution in [0.3, 0.4) is 0 Å². The lowest BCUT2D eigenvalue weighted by molar-refractivity contribution is 0.231. The van der Waals surface area contributed by atoms with Crippen molar-refractivity contribution >= 4 is 10.9 Å². The first kappa shape index (κ1) is 12.5. The van der Waals surface area contributed by atoms with Crippen molar-refractivity contribution in [2.45, 2.75) is 12.5 Å². The molecule has 3 rings (SSSR count). The van der Waals surface area contributed by atoms with E-state index >= 15 is 0 Å². The van der Waals surface area contributed by atoms with Gasteiger partial charge in [-0.3, -0.25) is 0 Å². The number of aliphatic hydroxyl groups excluding tert-OH is 1. The van der Waals surface area contributed by atoms with Gasteiger partial charge in [0.05, 0.1) is 6.07 Å². The average Bonchev–Trinajstić information content (AvgIpc) is 2.87. The zero-order valence-corrected chi connectivity index (χ0v) is 10.9. The summed E-state index contributed by atoms with van der Waals surface area (Å²) in [6.45, 7) is 0. The Morgan fingerprint density at radius 3 is 2.50 bits per heavy atom. The van der Waals surface area contributed by atoms with Crippen LogP contribution < -0.4 is 0 Å². The molecule has 3 heteroatoms. The van der Waals surface area contributed by atoms with Crippen molar-refractivity contribution in [2.24, 2.45) is 0 Å². The third kappa shape index (κ3) is 2.18. The first-order valence-electron chi connectivity index (χ1n) is 6.52. The van der Waals surface area contributed by atoms with Crippen LogP contribution in [0.1, 0.15) is 5.56 Å². The Morgan fingerprint density at radius 2 is 1.75 bits per heavy atom. The lowest BCUT2D eigenvalue weighted by atomic mass is 10.0. The van der Waals surface area contributed by atoms with Crippen molar-refractivity contribution in [3.05, 3.63) is 60.2 Å². The quantitative estimate of drug-likeness (QED) is 0.712. The van der Waals surface area contributed by atoms with Gasteiger partial charge in [-0.05, 0) is 17.2 Å². The number of nitriles is 1.